The van der Waals surface area contributed by atoms with Gasteiger partial charge in [0.05, 0.1) is 31.9 Å². The van der Waals surface area contributed by atoms with Crippen LogP contribution in [0.4, 0.5) is 5.69 Å². The van der Waals surface area contributed by atoms with Gasteiger partial charge in [0.25, 0.3) is 10.0 Å². The number of methoxy groups -OCH3 is 3. The van der Waals surface area contributed by atoms with Crippen LogP contribution >= 0.6 is 11.6 Å². The fourth-order valence-electron chi connectivity index (χ4n) is 2.10. The molecule has 0 aliphatic rings. The number of nitrogens with one attached hydrogen (secondary N) is 1. The minimum absolute atomic E-state index is 0.0369. The van der Waals surface area contributed by atoms with E-state index in [1.807, 2.05) is 0 Å². The second kappa shape index (κ2) is 7.19. The van der Waals surface area contributed by atoms with E-state index in [-0.39, 0.29) is 4.90 Å². The first-order valence-corrected chi connectivity index (χ1v) is 8.77. The fraction of sp³-hybridized carbons (Fsp3) is 0.250. The summed E-state index contributed by atoms with van der Waals surface area (Å²) in [7, 11) is 0.514. The van der Waals surface area contributed by atoms with E-state index in [0.29, 0.717) is 28.0 Å². The molecule has 2 aromatic carbocycles. The van der Waals surface area contributed by atoms with Gasteiger partial charge in [-0.3, -0.25) is 4.72 Å². The first-order chi connectivity index (χ1) is 11.3. The van der Waals surface area contributed by atoms with Crippen molar-refractivity contribution in [2.24, 2.45) is 0 Å². The molecule has 130 valence electrons. The molecule has 0 saturated heterocycles. The van der Waals surface area contributed by atoms with Gasteiger partial charge in [-0.2, -0.15) is 0 Å². The minimum atomic E-state index is -3.84. The topological polar surface area (TPSA) is 73.9 Å². The largest absolute Gasteiger partial charge is 0.495 e. The van der Waals surface area contributed by atoms with E-state index in [4.69, 9.17) is 25.8 Å². The molecule has 0 aromatic heterocycles. The second-order valence-electron chi connectivity index (χ2n) is 4.92. The predicted octanol–water partition coefficient (Wildman–Crippen LogP) is 3.48. The molecular weight excluding hydrogens is 354 g/mol. The summed E-state index contributed by atoms with van der Waals surface area (Å²) in [6, 6.07) is 7.51. The first-order valence-electron chi connectivity index (χ1n) is 6.91. The maximum absolute atomic E-state index is 12.6. The minimum Gasteiger partial charge on any atom is -0.495 e. The lowest BCUT2D eigenvalue weighted by atomic mass is 10.2. The zero-order valence-corrected chi connectivity index (χ0v) is 15.3. The van der Waals surface area contributed by atoms with Crippen LogP contribution in [0.1, 0.15) is 5.56 Å². The van der Waals surface area contributed by atoms with Gasteiger partial charge in [0, 0.05) is 17.2 Å². The Labute approximate surface area is 146 Å². The number of hydrogen-bond acceptors (Lipinski definition) is 5. The molecule has 0 saturated carbocycles. The standard InChI is InChI=1S/C16H18ClNO5S/c1-10-7-13(15(22-3)9-12(10)17)18-24(19,20)11-5-6-14(21-2)16(8-11)23-4/h5-9,18H,1-4H3. The Morgan fingerprint density at radius 2 is 1.54 bits per heavy atom. The summed E-state index contributed by atoms with van der Waals surface area (Å²) in [4.78, 5) is 0.0369. The zero-order valence-electron chi connectivity index (χ0n) is 13.7. The number of halogens is 1. The van der Waals surface area contributed by atoms with Crippen LogP contribution in [0.5, 0.6) is 17.2 Å². The highest BCUT2D eigenvalue weighted by atomic mass is 35.5. The lowest BCUT2D eigenvalue weighted by Crippen LogP contribution is -2.14. The molecular formula is C16H18ClNO5S. The average molecular weight is 372 g/mol. The number of benzene rings is 2. The molecule has 0 aliphatic heterocycles. The molecule has 8 heteroatoms. The maximum Gasteiger partial charge on any atom is 0.262 e. The monoisotopic (exact) mass is 371 g/mol. The van der Waals surface area contributed by atoms with Crippen LogP contribution in [-0.4, -0.2) is 29.7 Å². The van der Waals surface area contributed by atoms with Crippen molar-refractivity contribution in [3.63, 3.8) is 0 Å². The van der Waals surface area contributed by atoms with Crippen LogP contribution in [0, 0.1) is 6.92 Å². The van der Waals surface area contributed by atoms with Crippen molar-refractivity contribution >= 4 is 27.3 Å². The molecule has 0 atom stereocenters. The molecule has 0 spiro atoms. The van der Waals surface area contributed by atoms with Crippen molar-refractivity contribution in [1.82, 2.24) is 0 Å². The SMILES string of the molecule is COc1cc(Cl)c(C)cc1NS(=O)(=O)c1ccc(OC)c(OC)c1. The van der Waals surface area contributed by atoms with Crippen LogP contribution in [0.25, 0.3) is 0 Å². The number of anilines is 1. The Bertz CT molecular complexity index is 852. The molecule has 2 aromatic rings. The third kappa shape index (κ3) is 3.68. The quantitative estimate of drug-likeness (QED) is 0.841. The van der Waals surface area contributed by atoms with Gasteiger partial charge in [0.1, 0.15) is 5.75 Å². The summed E-state index contributed by atoms with van der Waals surface area (Å²) in [6.07, 6.45) is 0. The van der Waals surface area contributed by atoms with E-state index in [1.165, 1.54) is 39.5 Å². The van der Waals surface area contributed by atoms with E-state index in [2.05, 4.69) is 4.72 Å². The summed E-state index contributed by atoms with van der Waals surface area (Å²) < 4.78 is 43.2. The second-order valence-corrected chi connectivity index (χ2v) is 7.01. The number of sulfonamides is 1. The van der Waals surface area contributed by atoms with Crippen molar-refractivity contribution in [2.75, 3.05) is 26.1 Å². The molecule has 0 fully saturated rings. The first kappa shape index (κ1) is 18.2. The lowest BCUT2D eigenvalue weighted by Gasteiger charge is -2.14. The molecule has 0 heterocycles. The Morgan fingerprint density at radius 3 is 2.12 bits per heavy atom. The summed E-state index contributed by atoms with van der Waals surface area (Å²) in [6.45, 7) is 1.77. The summed E-state index contributed by atoms with van der Waals surface area (Å²) >= 11 is 6.04. The number of hydrogen-bond donors (Lipinski definition) is 1. The van der Waals surface area contributed by atoms with E-state index in [9.17, 15) is 8.42 Å². The molecule has 1 N–H and O–H groups in total. The van der Waals surface area contributed by atoms with Crippen molar-refractivity contribution in [3.05, 3.63) is 40.9 Å². The molecule has 0 amide bonds. The van der Waals surface area contributed by atoms with Gasteiger partial charge in [-0.1, -0.05) is 11.6 Å². The Hall–Kier alpha value is -2.12. The molecule has 2 rings (SSSR count). The third-order valence-corrected chi connectivity index (χ3v) is 5.16. The van der Waals surface area contributed by atoms with Crippen molar-refractivity contribution in [1.29, 1.82) is 0 Å². The normalized spacial score (nSPS) is 11.0. The highest BCUT2D eigenvalue weighted by molar-refractivity contribution is 7.92. The van der Waals surface area contributed by atoms with Crippen LogP contribution in [0.15, 0.2) is 35.2 Å². The van der Waals surface area contributed by atoms with E-state index < -0.39 is 10.0 Å². The molecule has 24 heavy (non-hydrogen) atoms. The van der Waals surface area contributed by atoms with Gasteiger partial charge < -0.3 is 14.2 Å². The molecule has 0 unspecified atom stereocenters. The third-order valence-electron chi connectivity index (χ3n) is 3.39. The van der Waals surface area contributed by atoms with Gasteiger partial charge in [-0.05, 0) is 30.7 Å². The Morgan fingerprint density at radius 1 is 0.917 bits per heavy atom. The summed E-state index contributed by atoms with van der Waals surface area (Å²) in [5, 5.41) is 0.487. The molecule has 0 aliphatic carbocycles. The van der Waals surface area contributed by atoms with Crippen molar-refractivity contribution in [3.8, 4) is 17.2 Å². The molecule has 0 bridgehead atoms. The highest BCUT2D eigenvalue weighted by Gasteiger charge is 2.19. The average Bonchev–Trinajstić information content (AvgIpc) is 2.56. The smallest absolute Gasteiger partial charge is 0.262 e. The van der Waals surface area contributed by atoms with Gasteiger partial charge in [0.15, 0.2) is 11.5 Å². The fourth-order valence-corrected chi connectivity index (χ4v) is 3.33. The molecule has 6 nitrogen and oxygen atoms in total. The van der Waals surface area contributed by atoms with E-state index in [1.54, 1.807) is 19.1 Å². The predicted molar refractivity (Wildman–Crippen MR) is 93.1 cm³/mol. The van der Waals surface area contributed by atoms with Crippen molar-refractivity contribution in [2.45, 2.75) is 11.8 Å². The number of aryl methyl sites for hydroxylation is 1. The van der Waals surface area contributed by atoms with E-state index >= 15 is 0 Å². The number of ether oxygens (including phenoxy) is 3. The van der Waals surface area contributed by atoms with Crippen LogP contribution < -0.4 is 18.9 Å². The van der Waals surface area contributed by atoms with Crippen LogP contribution in [-0.2, 0) is 10.0 Å². The van der Waals surface area contributed by atoms with Gasteiger partial charge in [-0.25, -0.2) is 8.42 Å². The highest BCUT2D eigenvalue weighted by Crippen LogP contribution is 2.34. The zero-order chi connectivity index (χ0) is 17.9. The Balaban J connectivity index is 2.44. The van der Waals surface area contributed by atoms with Gasteiger partial charge >= 0.3 is 0 Å². The van der Waals surface area contributed by atoms with Crippen molar-refractivity contribution < 1.29 is 22.6 Å². The Kier molecular flexibility index (Phi) is 5.46. The van der Waals surface area contributed by atoms with Crippen LogP contribution in [0.3, 0.4) is 0 Å². The maximum atomic E-state index is 12.6. The van der Waals surface area contributed by atoms with Gasteiger partial charge in [0.2, 0.25) is 0 Å². The molecule has 0 radical (unpaired) electrons. The van der Waals surface area contributed by atoms with Gasteiger partial charge in [-0.15, -0.1) is 0 Å². The summed E-state index contributed by atoms with van der Waals surface area (Å²) in [5.41, 5.74) is 1.02. The van der Waals surface area contributed by atoms with Crippen LogP contribution in [0.2, 0.25) is 5.02 Å². The lowest BCUT2D eigenvalue weighted by molar-refractivity contribution is 0.354. The van der Waals surface area contributed by atoms with E-state index in [0.717, 1.165) is 5.56 Å². The number of rotatable bonds is 6. The summed E-state index contributed by atoms with van der Waals surface area (Å²) in [5.74, 6) is 1.09.